The lowest BCUT2D eigenvalue weighted by Gasteiger charge is -2.21. The van der Waals surface area contributed by atoms with Gasteiger partial charge in [0, 0.05) is 25.3 Å². The second-order valence-electron chi connectivity index (χ2n) is 10.6. The van der Waals surface area contributed by atoms with Gasteiger partial charge in [0.25, 0.3) is 0 Å². The molecule has 1 saturated carbocycles. The van der Waals surface area contributed by atoms with Crippen LogP contribution >= 0.6 is 0 Å². The van der Waals surface area contributed by atoms with E-state index in [1.54, 1.807) is 6.20 Å². The minimum Gasteiger partial charge on any atom is -0.455 e. The number of rotatable bonds is 4. The van der Waals surface area contributed by atoms with Gasteiger partial charge in [-0.25, -0.2) is 0 Å². The lowest BCUT2D eigenvalue weighted by atomic mass is 9.85. The van der Waals surface area contributed by atoms with Crippen molar-refractivity contribution in [3.8, 4) is 22.4 Å². The van der Waals surface area contributed by atoms with Crippen LogP contribution < -0.4 is 0 Å². The van der Waals surface area contributed by atoms with E-state index in [0.29, 0.717) is 5.56 Å². The molecule has 1 aliphatic rings. The molecule has 2 aromatic heterocycles. The first-order chi connectivity index (χ1) is 18.2. The van der Waals surface area contributed by atoms with Crippen molar-refractivity contribution in [2.24, 2.45) is 5.92 Å². The van der Waals surface area contributed by atoms with E-state index in [4.69, 9.17) is 7.16 Å². The molecular formula is C34H35NO. The number of pyridine rings is 1. The monoisotopic (exact) mass is 475 g/mol. The van der Waals surface area contributed by atoms with Gasteiger partial charge in [0.05, 0.1) is 5.69 Å². The van der Waals surface area contributed by atoms with Gasteiger partial charge in [-0.15, -0.1) is 0 Å². The Morgan fingerprint density at radius 3 is 2.44 bits per heavy atom. The first-order valence-electron chi connectivity index (χ1n) is 14.2. The van der Waals surface area contributed by atoms with Crippen molar-refractivity contribution in [3.63, 3.8) is 0 Å². The topological polar surface area (TPSA) is 26.0 Å². The van der Waals surface area contributed by atoms with Crippen LogP contribution in [0.2, 0.25) is 0 Å². The zero-order chi connectivity index (χ0) is 26.6. The van der Waals surface area contributed by atoms with Gasteiger partial charge in [-0.1, -0.05) is 68.0 Å². The third-order valence-corrected chi connectivity index (χ3v) is 7.77. The Balaban J connectivity index is 1.48. The first kappa shape index (κ1) is 20.8. The number of aryl methyl sites for hydroxylation is 4. The minimum absolute atomic E-state index is 0.0586. The van der Waals surface area contributed by atoms with Crippen LogP contribution in [0.5, 0.6) is 0 Å². The molecule has 0 spiro atoms. The van der Waals surface area contributed by atoms with Gasteiger partial charge in [-0.05, 0) is 97.6 Å². The van der Waals surface area contributed by atoms with E-state index in [-0.39, 0.29) is 5.92 Å². The van der Waals surface area contributed by atoms with Crippen LogP contribution in [0.1, 0.15) is 62.7 Å². The third kappa shape index (κ3) is 4.13. The molecule has 6 rings (SSSR count). The lowest BCUT2D eigenvalue weighted by Crippen LogP contribution is -2.09. The summed E-state index contributed by atoms with van der Waals surface area (Å²) in [6.07, 6.45) is 5.73. The van der Waals surface area contributed by atoms with Crippen LogP contribution in [-0.2, 0) is 6.37 Å². The van der Waals surface area contributed by atoms with Gasteiger partial charge in [0.1, 0.15) is 11.2 Å². The Hall–Kier alpha value is -3.39. The quantitative estimate of drug-likeness (QED) is 0.258. The van der Waals surface area contributed by atoms with Crippen molar-refractivity contribution in [1.29, 1.82) is 0 Å². The summed E-state index contributed by atoms with van der Waals surface area (Å²) in [5.41, 5.74) is 11.5. The maximum atomic E-state index is 8.97. The molecular weight excluding hydrogens is 438 g/mol. The Kier molecular flexibility index (Phi) is 5.33. The molecule has 1 fully saturated rings. The Labute approximate surface area is 217 Å². The number of hydrogen-bond donors (Lipinski definition) is 0. The summed E-state index contributed by atoms with van der Waals surface area (Å²) in [6.45, 7) is 8.65. The number of fused-ring (bicyclic) bond motifs is 3. The van der Waals surface area contributed by atoms with Gasteiger partial charge >= 0.3 is 0 Å². The molecule has 0 atom stereocenters. The van der Waals surface area contributed by atoms with E-state index >= 15 is 0 Å². The molecule has 0 bridgehead atoms. The Morgan fingerprint density at radius 2 is 1.67 bits per heavy atom. The molecule has 0 saturated heterocycles. The highest BCUT2D eigenvalue weighted by atomic mass is 16.3. The van der Waals surface area contributed by atoms with Crippen LogP contribution in [0.3, 0.4) is 0 Å². The smallest absolute Gasteiger partial charge is 0.144 e. The second-order valence-corrected chi connectivity index (χ2v) is 10.6. The normalized spacial score (nSPS) is 15.9. The molecule has 5 aromatic rings. The predicted molar refractivity (Wildman–Crippen MR) is 152 cm³/mol. The van der Waals surface area contributed by atoms with Gasteiger partial charge in [-0.3, -0.25) is 4.98 Å². The molecule has 2 heteroatoms. The molecule has 0 N–H and O–H groups in total. The van der Waals surface area contributed by atoms with Crippen molar-refractivity contribution in [2.75, 3.05) is 0 Å². The highest BCUT2D eigenvalue weighted by Gasteiger charge is 2.18. The van der Waals surface area contributed by atoms with Gasteiger partial charge < -0.3 is 4.42 Å². The van der Waals surface area contributed by atoms with Crippen LogP contribution in [0.15, 0.2) is 65.2 Å². The molecule has 2 heterocycles. The summed E-state index contributed by atoms with van der Waals surface area (Å²) in [7, 11) is 0. The van der Waals surface area contributed by atoms with Crippen molar-refractivity contribution < 1.29 is 7.16 Å². The van der Waals surface area contributed by atoms with Crippen LogP contribution in [-0.4, -0.2) is 4.98 Å². The lowest BCUT2D eigenvalue weighted by molar-refractivity contribution is 0.356. The molecule has 36 heavy (non-hydrogen) atoms. The fraction of sp³-hybridized carbons (Fsp3) is 0.324. The van der Waals surface area contributed by atoms with E-state index in [1.807, 2.05) is 18.2 Å². The van der Waals surface area contributed by atoms with Crippen molar-refractivity contribution in [1.82, 2.24) is 4.98 Å². The summed E-state index contributed by atoms with van der Waals surface area (Å²) in [5.74, 6) is 0.0586. The second kappa shape index (κ2) is 9.24. The third-order valence-electron chi connectivity index (χ3n) is 7.77. The summed E-state index contributed by atoms with van der Waals surface area (Å²) in [6, 6.07) is 18.9. The summed E-state index contributed by atoms with van der Waals surface area (Å²) in [5, 5.41) is 2.20. The fourth-order valence-electron chi connectivity index (χ4n) is 6.27. The highest BCUT2D eigenvalue weighted by molar-refractivity contribution is 6.11. The molecule has 3 aromatic carbocycles. The summed E-state index contributed by atoms with van der Waals surface area (Å²) >= 11 is 0. The molecule has 0 unspecified atom stereocenters. The van der Waals surface area contributed by atoms with Gasteiger partial charge in [0.2, 0.25) is 0 Å². The van der Waals surface area contributed by atoms with Crippen molar-refractivity contribution >= 4 is 21.9 Å². The molecule has 1 aliphatic carbocycles. The maximum absolute atomic E-state index is 8.97. The van der Waals surface area contributed by atoms with E-state index in [9.17, 15) is 0 Å². The number of aromatic nitrogens is 1. The first-order valence-corrected chi connectivity index (χ1v) is 13.2. The molecule has 0 radical (unpaired) electrons. The zero-order valence-corrected chi connectivity index (χ0v) is 21.7. The van der Waals surface area contributed by atoms with Crippen LogP contribution in [0.25, 0.3) is 44.3 Å². The largest absolute Gasteiger partial charge is 0.455 e. The maximum Gasteiger partial charge on any atom is 0.144 e. The van der Waals surface area contributed by atoms with Gasteiger partial charge in [0.15, 0.2) is 0 Å². The number of nitrogens with zero attached hydrogens (tertiary/aromatic N) is 1. The Morgan fingerprint density at radius 1 is 0.889 bits per heavy atom. The Bertz CT molecular complexity index is 1650. The average molecular weight is 476 g/mol. The van der Waals surface area contributed by atoms with E-state index in [1.165, 1.54) is 39.8 Å². The fourth-order valence-corrected chi connectivity index (χ4v) is 6.27. The van der Waals surface area contributed by atoms with Crippen LogP contribution in [0, 0.1) is 33.6 Å². The minimum atomic E-state index is -1.37. The summed E-state index contributed by atoms with van der Waals surface area (Å²) in [4.78, 5) is 4.68. The predicted octanol–water partition coefficient (Wildman–Crippen LogP) is 9.67. The molecule has 0 aliphatic heterocycles. The van der Waals surface area contributed by atoms with Crippen LogP contribution in [0.4, 0.5) is 0 Å². The van der Waals surface area contributed by atoms with E-state index in [2.05, 4.69) is 69.1 Å². The van der Waals surface area contributed by atoms with E-state index < -0.39 is 6.37 Å². The number of furan rings is 1. The average Bonchev–Trinajstić information content (AvgIpc) is 3.28. The number of hydrogen-bond acceptors (Lipinski definition) is 2. The molecule has 2 nitrogen and oxygen atoms in total. The summed E-state index contributed by atoms with van der Waals surface area (Å²) < 4.78 is 24.5. The van der Waals surface area contributed by atoms with Gasteiger partial charge in [-0.2, -0.15) is 0 Å². The highest BCUT2D eigenvalue weighted by Crippen LogP contribution is 2.40. The van der Waals surface area contributed by atoms with Crippen molar-refractivity contribution in [2.45, 2.75) is 66.2 Å². The molecule has 182 valence electrons. The van der Waals surface area contributed by atoms with E-state index in [0.717, 1.165) is 58.9 Å². The SMILES string of the molecule is [2H]C([2H])(c1ccnc(-c2cccc3c2oc2cc(-c4c(C)cc(C)cc4C)cc(C)c23)c1)C1CCCCC1. The number of para-hydroxylation sites is 1. The zero-order valence-electron chi connectivity index (χ0n) is 23.7. The molecule has 0 amide bonds. The number of benzene rings is 3. The van der Waals surface area contributed by atoms with Crippen molar-refractivity contribution in [3.05, 3.63) is 88.6 Å². The standard InChI is InChI=1S/C34H35NO/c1-21-15-22(2)32(23(3)16-21)27-17-24(4)33-29-12-8-11-28(34(29)36-31(33)20-27)30-19-26(13-14-35-30)18-25-9-6-5-7-10-25/h8,11-17,19-20,25H,5-7,9-10,18H2,1-4H3/i18D2.